The van der Waals surface area contributed by atoms with Crippen LogP contribution in [0.25, 0.3) is 6.08 Å². The quantitative estimate of drug-likeness (QED) is 0.398. The Bertz CT molecular complexity index is 1110. The van der Waals surface area contributed by atoms with E-state index in [-0.39, 0.29) is 35.7 Å². The summed E-state index contributed by atoms with van der Waals surface area (Å²) >= 11 is 0. The third kappa shape index (κ3) is 6.75. The van der Waals surface area contributed by atoms with E-state index in [1.807, 2.05) is 7.05 Å². The molecule has 188 valence electrons. The van der Waals surface area contributed by atoms with Crippen LogP contribution >= 0.6 is 0 Å². The maximum atomic E-state index is 13.9. The van der Waals surface area contributed by atoms with Crippen molar-refractivity contribution >= 4 is 23.5 Å². The lowest BCUT2D eigenvalue weighted by molar-refractivity contribution is -0.139. The molecule has 4 N–H and O–H groups in total. The van der Waals surface area contributed by atoms with Crippen molar-refractivity contribution in [2.75, 3.05) is 31.6 Å². The first kappa shape index (κ1) is 26.1. The lowest BCUT2D eigenvalue weighted by Gasteiger charge is -2.30. The lowest BCUT2D eigenvalue weighted by atomic mass is 10.1. The number of phenols is 1. The number of amides is 1. The molecule has 0 radical (unpaired) electrons. The lowest BCUT2D eigenvalue weighted by Crippen LogP contribution is -2.36. The summed E-state index contributed by atoms with van der Waals surface area (Å²) in [7, 11) is 1.96. The number of alkyl halides is 3. The van der Waals surface area contributed by atoms with E-state index < -0.39 is 17.6 Å². The summed E-state index contributed by atoms with van der Waals surface area (Å²) in [6.07, 6.45) is -0.636. The van der Waals surface area contributed by atoms with Gasteiger partial charge >= 0.3 is 6.18 Å². The standard InChI is InChI=1S/C25H29F3N4O3/c1-16(33)32(11-3-4-17-14-18(24(29)30)5-7-22(17)34)19-6-8-23(21(15-19)25(26,27)28)35-20-9-12-31(2)13-10-20/h3-8,14-15,20,34H,9-13H2,1-2H3,(H3,29,30). The van der Waals surface area contributed by atoms with Gasteiger partial charge < -0.3 is 25.4 Å². The number of piperidine rings is 1. The molecule has 7 nitrogen and oxygen atoms in total. The Labute approximate surface area is 202 Å². The molecule has 2 aromatic rings. The van der Waals surface area contributed by atoms with Gasteiger partial charge in [-0.1, -0.05) is 12.2 Å². The van der Waals surface area contributed by atoms with E-state index in [0.717, 1.165) is 19.2 Å². The first-order valence-corrected chi connectivity index (χ1v) is 11.1. The zero-order valence-corrected chi connectivity index (χ0v) is 19.6. The van der Waals surface area contributed by atoms with E-state index >= 15 is 0 Å². The number of ether oxygens (including phenoxy) is 1. The second kappa shape index (κ2) is 10.8. The summed E-state index contributed by atoms with van der Waals surface area (Å²) in [5.41, 5.74) is 5.38. The number of halogens is 3. The van der Waals surface area contributed by atoms with Gasteiger partial charge in [0.15, 0.2) is 0 Å². The van der Waals surface area contributed by atoms with Gasteiger partial charge in [-0.25, -0.2) is 0 Å². The Morgan fingerprint density at radius 1 is 1.26 bits per heavy atom. The highest BCUT2D eigenvalue weighted by Gasteiger charge is 2.36. The molecule has 0 bridgehead atoms. The second-order valence-corrected chi connectivity index (χ2v) is 8.52. The smallest absolute Gasteiger partial charge is 0.420 e. The fourth-order valence-electron chi connectivity index (χ4n) is 3.85. The number of phenolic OH excluding ortho intramolecular Hbond substituents is 1. The number of carbonyl (C=O) groups is 1. The number of aromatic hydroxyl groups is 1. The maximum absolute atomic E-state index is 13.9. The van der Waals surface area contributed by atoms with Crippen LogP contribution in [0.1, 0.15) is 36.5 Å². The van der Waals surface area contributed by atoms with Crippen molar-refractivity contribution < 1.29 is 27.8 Å². The minimum atomic E-state index is -4.66. The van der Waals surface area contributed by atoms with E-state index in [9.17, 15) is 23.1 Å². The first-order valence-electron chi connectivity index (χ1n) is 11.1. The Hall–Kier alpha value is -3.53. The molecule has 0 aliphatic carbocycles. The molecule has 1 aliphatic rings. The molecule has 10 heteroatoms. The van der Waals surface area contributed by atoms with Crippen LogP contribution in [0.2, 0.25) is 0 Å². The number of carbonyl (C=O) groups excluding carboxylic acids is 1. The number of benzene rings is 2. The fraction of sp³-hybridized carbons (Fsp3) is 0.360. The summed E-state index contributed by atoms with van der Waals surface area (Å²) < 4.78 is 47.3. The third-order valence-electron chi connectivity index (χ3n) is 5.84. The highest BCUT2D eigenvalue weighted by molar-refractivity contribution is 5.96. The van der Waals surface area contributed by atoms with Gasteiger partial charge in [0.1, 0.15) is 23.4 Å². The molecule has 0 aromatic heterocycles. The van der Waals surface area contributed by atoms with Gasteiger partial charge in [0.05, 0.1) is 5.56 Å². The molecule has 0 saturated carbocycles. The number of hydrogen-bond donors (Lipinski definition) is 3. The molecule has 0 unspecified atom stereocenters. The number of nitrogens with one attached hydrogen (secondary N) is 1. The number of hydrogen-bond acceptors (Lipinski definition) is 5. The summed E-state index contributed by atoms with van der Waals surface area (Å²) in [5, 5.41) is 17.5. The van der Waals surface area contributed by atoms with Gasteiger partial charge in [0.25, 0.3) is 0 Å². The van der Waals surface area contributed by atoms with E-state index in [0.29, 0.717) is 24.0 Å². The minimum absolute atomic E-state index is 0.0362. The summed E-state index contributed by atoms with van der Waals surface area (Å²) in [4.78, 5) is 15.6. The molecule has 1 aliphatic heterocycles. The van der Waals surface area contributed by atoms with Crippen molar-refractivity contribution in [3.8, 4) is 11.5 Å². The van der Waals surface area contributed by atoms with E-state index in [2.05, 4.69) is 4.90 Å². The predicted octanol–water partition coefficient (Wildman–Crippen LogP) is 4.23. The number of rotatable bonds is 7. The van der Waals surface area contributed by atoms with Crippen molar-refractivity contribution in [1.29, 1.82) is 5.41 Å². The van der Waals surface area contributed by atoms with Crippen LogP contribution in [0.5, 0.6) is 11.5 Å². The van der Waals surface area contributed by atoms with Crippen molar-refractivity contribution in [2.24, 2.45) is 5.73 Å². The number of likely N-dealkylation sites (tertiary alicyclic amines) is 1. The predicted molar refractivity (Wildman–Crippen MR) is 129 cm³/mol. The summed E-state index contributed by atoms with van der Waals surface area (Å²) in [6, 6.07) is 8.00. The zero-order chi connectivity index (χ0) is 25.8. The van der Waals surface area contributed by atoms with Crippen LogP contribution in [0, 0.1) is 5.41 Å². The highest BCUT2D eigenvalue weighted by atomic mass is 19.4. The van der Waals surface area contributed by atoms with Crippen molar-refractivity contribution in [3.05, 3.63) is 59.2 Å². The Kier molecular flexibility index (Phi) is 8.06. The van der Waals surface area contributed by atoms with E-state index in [1.165, 1.54) is 54.3 Å². The van der Waals surface area contributed by atoms with Gasteiger partial charge in [0.2, 0.25) is 5.91 Å². The van der Waals surface area contributed by atoms with Gasteiger partial charge in [-0.05, 0) is 56.3 Å². The molecule has 1 heterocycles. The van der Waals surface area contributed by atoms with Crippen LogP contribution in [-0.4, -0.2) is 54.5 Å². The van der Waals surface area contributed by atoms with Gasteiger partial charge in [-0.2, -0.15) is 13.2 Å². The Balaban J connectivity index is 1.84. The van der Waals surface area contributed by atoms with Crippen molar-refractivity contribution in [1.82, 2.24) is 4.90 Å². The minimum Gasteiger partial charge on any atom is -0.507 e. The Morgan fingerprint density at radius 3 is 2.54 bits per heavy atom. The fourth-order valence-corrected chi connectivity index (χ4v) is 3.85. The normalized spacial score (nSPS) is 15.3. The number of amidine groups is 1. The molecule has 0 spiro atoms. The molecule has 2 aromatic carbocycles. The van der Waals surface area contributed by atoms with Crippen molar-refractivity contribution in [2.45, 2.75) is 32.0 Å². The van der Waals surface area contributed by atoms with Gasteiger partial charge in [0, 0.05) is 43.4 Å². The molecular formula is C25H29F3N4O3. The molecular weight excluding hydrogens is 461 g/mol. The van der Waals surface area contributed by atoms with Crippen LogP contribution in [0.3, 0.4) is 0 Å². The van der Waals surface area contributed by atoms with E-state index in [4.69, 9.17) is 15.9 Å². The van der Waals surface area contributed by atoms with E-state index in [1.54, 1.807) is 0 Å². The largest absolute Gasteiger partial charge is 0.507 e. The molecule has 1 fully saturated rings. The molecule has 35 heavy (non-hydrogen) atoms. The number of nitrogen functional groups attached to an aromatic ring is 1. The van der Waals surface area contributed by atoms with Crippen LogP contribution in [0.15, 0.2) is 42.5 Å². The first-order chi connectivity index (χ1) is 16.5. The molecule has 3 rings (SSSR count). The topological polar surface area (TPSA) is 103 Å². The molecule has 1 amide bonds. The number of nitrogens with two attached hydrogens (primary N) is 1. The third-order valence-corrected chi connectivity index (χ3v) is 5.84. The number of nitrogens with zero attached hydrogens (tertiary/aromatic N) is 2. The Morgan fingerprint density at radius 2 is 1.94 bits per heavy atom. The van der Waals surface area contributed by atoms with Crippen LogP contribution in [0.4, 0.5) is 18.9 Å². The molecule has 1 saturated heterocycles. The van der Waals surface area contributed by atoms with Crippen LogP contribution in [-0.2, 0) is 11.0 Å². The van der Waals surface area contributed by atoms with Crippen LogP contribution < -0.4 is 15.4 Å². The maximum Gasteiger partial charge on any atom is 0.420 e. The highest BCUT2D eigenvalue weighted by Crippen LogP contribution is 2.39. The summed E-state index contributed by atoms with van der Waals surface area (Å²) in [5.74, 6) is -0.933. The monoisotopic (exact) mass is 490 g/mol. The zero-order valence-electron chi connectivity index (χ0n) is 19.6. The van der Waals surface area contributed by atoms with Gasteiger partial charge in [-0.3, -0.25) is 10.2 Å². The average Bonchev–Trinajstić information content (AvgIpc) is 2.78. The van der Waals surface area contributed by atoms with Crippen molar-refractivity contribution in [3.63, 3.8) is 0 Å². The van der Waals surface area contributed by atoms with Gasteiger partial charge in [-0.15, -0.1) is 0 Å². The molecule has 0 atom stereocenters. The summed E-state index contributed by atoms with van der Waals surface area (Å²) in [6.45, 7) is 2.72. The SMILES string of the molecule is CC(=O)N(CC=Cc1cc(C(=N)N)ccc1O)c1ccc(OC2CCN(C)CC2)c(C(F)(F)F)c1. The number of anilines is 1. The second-order valence-electron chi connectivity index (χ2n) is 8.52. The average molecular weight is 491 g/mol.